The molecule has 2 unspecified atom stereocenters. The van der Waals surface area contributed by atoms with Gasteiger partial charge in [-0.25, -0.2) is 19.9 Å². The van der Waals surface area contributed by atoms with Crippen LogP contribution >= 0.6 is 46.4 Å². The summed E-state index contributed by atoms with van der Waals surface area (Å²) in [5.41, 5.74) is 5.14. The zero-order valence-corrected chi connectivity index (χ0v) is 84.7. The summed E-state index contributed by atoms with van der Waals surface area (Å²) in [5.74, 6) is 5.14. The Morgan fingerprint density at radius 2 is 0.757 bits per heavy atom. The molecule has 140 heavy (non-hydrogen) atoms. The minimum atomic E-state index is -0.681. The summed E-state index contributed by atoms with van der Waals surface area (Å²) in [6, 6.07) is 27.2. The molecule has 5 aliphatic heterocycles. The lowest BCUT2D eigenvalue weighted by molar-refractivity contribution is -0.127. The van der Waals surface area contributed by atoms with Crippen LogP contribution < -0.4 is 81.4 Å². The second kappa shape index (κ2) is 48.6. The van der Waals surface area contributed by atoms with E-state index >= 15 is 0 Å². The fourth-order valence-electron chi connectivity index (χ4n) is 16.2. The monoisotopic (exact) mass is 2000 g/mol. The molecule has 1 amide bonds. The number of Topliss-reactive ketones (excluding diaryl/α,β-unsaturated/α-hetero) is 4. The average Bonchev–Trinajstić information content (AvgIpc) is 0.780. The summed E-state index contributed by atoms with van der Waals surface area (Å²) in [6.45, 7) is 34.3. The number of morpholine rings is 3. The van der Waals surface area contributed by atoms with Crippen molar-refractivity contribution >= 4 is 184 Å². The summed E-state index contributed by atoms with van der Waals surface area (Å²) in [4.78, 5) is 147. The van der Waals surface area contributed by atoms with Gasteiger partial charge in [0, 0.05) is 174 Å². The molecule has 0 bridgehead atoms. The number of fused-ring (bicyclic) bond motifs is 4. The lowest BCUT2D eigenvalue weighted by Gasteiger charge is -2.32. The summed E-state index contributed by atoms with van der Waals surface area (Å²) in [6.07, 6.45) is 10.1. The second-order valence-corrected chi connectivity index (χ2v) is 37.0. The van der Waals surface area contributed by atoms with Gasteiger partial charge in [0.1, 0.15) is 51.4 Å². The number of hydrogen-bond acceptors (Lipinski definition) is 32. The zero-order valence-electron chi connectivity index (χ0n) is 81.7. The van der Waals surface area contributed by atoms with Crippen molar-refractivity contribution in [3.63, 3.8) is 0 Å². The van der Waals surface area contributed by atoms with E-state index in [-0.39, 0.29) is 119 Å². The maximum absolute atomic E-state index is 13.0. The first-order chi connectivity index (χ1) is 67.2. The number of pyridine rings is 3. The number of amides is 1. The number of aromatic nitrogens is 11. The van der Waals surface area contributed by atoms with E-state index in [2.05, 4.69) is 107 Å². The van der Waals surface area contributed by atoms with Crippen molar-refractivity contribution in [2.75, 3.05) is 165 Å². The standard InChI is InChI=1S/2C26H32ClN5O4.C25H30ClN5O4.C23H29ClN6O3/c2*1-5-19(33)15-36-23-12-17-11-18(7-8-22(17)32(16(3)4)25(23)34)29-24-21(27)13-28-26(30-24)31-9-10-35-20(6-2)14-31;1-5-19(32)14-35-22-11-17-10-18(6-7-21(17)31(15(2)3)24(22)33)28-23-20(26)12-27-25(29-23)30-8-9-34-16(4)13-30;1-4-16(31)6-8-19-22(32)29(3)18-7-5-15(13-20(18)33-19)26-21-17(24)14-25-23(27-21)30-11-9-28(2)10-12-30/h2*7-8,11-13,16,20H,5-6,9-10,14-15H2,1-4H3,(H,28,29,30);6-7,10-12,15-16H,5,8-9,13-14H2,1-4H3,(H,27,28,29);5,7,13-14,19H,4,6,8-12H2,1-3H3,(H,25,26,27)/t20-;;16-;/m1.1./s1. The van der Waals surface area contributed by atoms with Gasteiger partial charge in [-0.2, -0.15) is 19.9 Å². The molecule has 36 nitrogen and oxygen atoms in total. The van der Waals surface area contributed by atoms with Gasteiger partial charge < -0.3 is 97.5 Å². The van der Waals surface area contributed by atoms with E-state index in [0.717, 1.165) is 108 Å². The number of piperazine rings is 1. The summed E-state index contributed by atoms with van der Waals surface area (Å²) < 4.78 is 44.9. The molecule has 40 heteroatoms. The maximum atomic E-state index is 13.0. The van der Waals surface area contributed by atoms with Crippen molar-refractivity contribution in [1.82, 2.24) is 58.5 Å². The number of rotatable bonds is 33. The third-order valence-electron chi connectivity index (χ3n) is 24.2. The molecule has 16 rings (SSSR count). The molecule has 0 aliphatic carbocycles. The number of nitrogens with zero attached hydrogens (tertiary/aromatic N) is 17. The lowest BCUT2D eigenvalue weighted by atomic mass is 10.1. The molecule has 4 N–H and O–H groups in total. The number of hydrogen-bond donors (Lipinski definition) is 4. The minimum absolute atomic E-state index is 0.0688. The highest BCUT2D eigenvalue weighted by atomic mass is 35.5. The number of likely N-dealkylation sites (N-methyl/N-ethyl adjacent to an activating group) is 2. The van der Waals surface area contributed by atoms with Crippen LogP contribution in [0.4, 0.5) is 75.5 Å². The third-order valence-corrected chi connectivity index (χ3v) is 25.3. The van der Waals surface area contributed by atoms with Gasteiger partial charge in [-0.05, 0) is 153 Å². The van der Waals surface area contributed by atoms with Gasteiger partial charge >= 0.3 is 0 Å². The van der Waals surface area contributed by atoms with Crippen LogP contribution in [0.25, 0.3) is 32.7 Å². The van der Waals surface area contributed by atoms with Crippen LogP contribution in [0, 0.1) is 0 Å². The van der Waals surface area contributed by atoms with Crippen molar-refractivity contribution in [3.05, 3.63) is 167 Å². The summed E-state index contributed by atoms with van der Waals surface area (Å²) >= 11 is 25.6. The number of carbonyl (C=O) groups is 5. The van der Waals surface area contributed by atoms with E-state index in [4.69, 9.17) is 79.6 Å². The number of anilines is 13. The molecule has 4 aromatic carbocycles. The highest BCUT2D eigenvalue weighted by Crippen LogP contribution is 2.40. The first-order valence-electron chi connectivity index (χ1n) is 47.6. The Labute approximate surface area is 833 Å². The predicted octanol–water partition coefficient (Wildman–Crippen LogP) is 16.9. The Hall–Kier alpha value is -12.4. The van der Waals surface area contributed by atoms with Crippen molar-refractivity contribution in [3.8, 4) is 23.0 Å². The van der Waals surface area contributed by atoms with Gasteiger partial charge in [0.15, 0.2) is 64.0 Å². The van der Waals surface area contributed by atoms with Crippen LogP contribution in [0.2, 0.25) is 20.1 Å². The molecule has 0 radical (unpaired) electrons. The van der Waals surface area contributed by atoms with E-state index in [1.165, 1.54) is 0 Å². The quantitative estimate of drug-likeness (QED) is 0.0297. The van der Waals surface area contributed by atoms with E-state index in [1.54, 1.807) is 89.4 Å². The van der Waals surface area contributed by atoms with Crippen LogP contribution in [0.1, 0.15) is 160 Å². The molecular formula is C100H123Cl4N21O15. The topological polar surface area (TPSA) is 387 Å². The van der Waals surface area contributed by atoms with Gasteiger partial charge in [0.25, 0.3) is 22.6 Å². The van der Waals surface area contributed by atoms with Gasteiger partial charge in [-0.1, -0.05) is 87.9 Å². The number of ether oxygens (including phenoxy) is 7. The number of carbonyl (C=O) groups excluding carboxylic acids is 5. The van der Waals surface area contributed by atoms with Crippen molar-refractivity contribution < 1.29 is 57.1 Å². The zero-order chi connectivity index (χ0) is 100. The van der Waals surface area contributed by atoms with Crippen LogP contribution in [-0.4, -0.2) is 231 Å². The van der Waals surface area contributed by atoms with Crippen molar-refractivity contribution in [1.29, 1.82) is 0 Å². The molecule has 4 saturated heterocycles. The predicted molar refractivity (Wildman–Crippen MR) is 550 cm³/mol. The first kappa shape index (κ1) is 105. The molecule has 4 atom stereocenters. The van der Waals surface area contributed by atoms with E-state index in [0.29, 0.717) is 163 Å². The molecule has 11 aromatic rings. The second-order valence-electron chi connectivity index (χ2n) is 35.4. The van der Waals surface area contributed by atoms with Crippen LogP contribution in [0.3, 0.4) is 0 Å². The number of halogens is 4. The van der Waals surface area contributed by atoms with Gasteiger partial charge in [-0.15, -0.1) is 0 Å². The first-order valence-corrected chi connectivity index (χ1v) is 49.1. The Bertz CT molecular complexity index is 6280. The molecular weight excluding hydrogens is 1880 g/mol. The molecule has 12 heterocycles. The van der Waals surface area contributed by atoms with E-state index in [9.17, 15) is 38.4 Å². The van der Waals surface area contributed by atoms with Crippen molar-refractivity contribution in [2.24, 2.45) is 0 Å². The summed E-state index contributed by atoms with van der Waals surface area (Å²) in [7, 11) is 3.82. The van der Waals surface area contributed by atoms with Gasteiger partial charge in [0.05, 0.1) is 85.2 Å². The number of ketones is 4. The van der Waals surface area contributed by atoms with Crippen LogP contribution in [0.5, 0.6) is 23.0 Å². The molecule has 4 fully saturated rings. The summed E-state index contributed by atoms with van der Waals surface area (Å²) in [5, 5.41) is 17.1. The minimum Gasteiger partial charge on any atom is -0.480 e. The van der Waals surface area contributed by atoms with Gasteiger partial charge in [-0.3, -0.25) is 38.4 Å². The molecule has 7 aromatic heterocycles. The normalized spacial score (nSPS) is 16.6. The fraction of sp³-hybridized carbons (Fsp3) is 0.460. The van der Waals surface area contributed by atoms with E-state index < -0.39 is 6.10 Å². The van der Waals surface area contributed by atoms with Crippen molar-refractivity contribution in [2.45, 2.75) is 184 Å². The largest absolute Gasteiger partial charge is 0.480 e. The Morgan fingerprint density at radius 1 is 0.421 bits per heavy atom. The molecule has 0 spiro atoms. The van der Waals surface area contributed by atoms with Crippen LogP contribution in [0.15, 0.2) is 130 Å². The van der Waals surface area contributed by atoms with Gasteiger partial charge in [0.2, 0.25) is 23.8 Å². The lowest BCUT2D eigenvalue weighted by Crippen LogP contribution is -2.45. The maximum Gasteiger partial charge on any atom is 0.293 e. The highest BCUT2D eigenvalue weighted by molar-refractivity contribution is 6.34. The smallest absolute Gasteiger partial charge is 0.293 e. The Balaban J connectivity index is 0.000000157. The Kier molecular flexibility index (Phi) is 36.5. The average molecular weight is 2000 g/mol. The van der Waals surface area contributed by atoms with Crippen LogP contribution in [-0.2, 0) is 38.2 Å². The van der Waals surface area contributed by atoms with E-state index in [1.807, 2.05) is 128 Å². The SMILES string of the molecule is CCC(=O)CCC1Oc2cc(Nc3nc(N4CCN(C)CC4)ncc3Cl)ccc2N(C)C1=O.CCC(=O)COc1cc2cc(Nc3nc(N4CCOC(CC)C4)ncc3Cl)ccc2n(C(C)C)c1=O.CCC(=O)COc1cc2cc(Nc3nc(N4CCO[C@H](C)C4)ncc3Cl)ccc2n(C(C)C)c1=O.CCC(=O)COc1cc2cc(Nc3nc(N4CCO[C@H](CC)C4)ncc3Cl)ccc2n(C(C)C)c1=O. The molecule has 746 valence electrons. The third kappa shape index (κ3) is 26.4. The molecule has 5 aliphatic rings. The Morgan fingerprint density at radius 3 is 1.10 bits per heavy atom. The highest BCUT2D eigenvalue weighted by Gasteiger charge is 2.34. The fourth-order valence-corrected chi connectivity index (χ4v) is 16.8. The number of benzene rings is 4. The number of nitrogens with one attached hydrogen (secondary N) is 4. The molecule has 0 saturated carbocycles.